The molecule has 0 aliphatic heterocycles. The van der Waals surface area contributed by atoms with Crippen LogP contribution in [-0.4, -0.2) is 28.0 Å². The second-order valence-electron chi connectivity index (χ2n) is 3.53. The minimum atomic E-state index is -0.553. The van der Waals surface area contributed by atoms with E-state index in [0.29, 0.717) is 5.82 Å². The van der Waals surface area contributed by atoms with Gasteiger partial charge in [-0.25, -0.2) is 4.98 Å². The number of aryl methyl sites for hydroxylation is 1. The van der Waals surface area contributed by atoms with Gasteiger partial charge in [-0.1, -0.05) is 0 Å². The van der Waals surface area contributed by atoms with Gasteiger partial charge in [-0.2, -0.15) is 4.98 Å². The second kappa shape index (κ2) is 4.73. The molecule has 7 nitrogen and oxygen atoms in total. The molecule has 0 saturated carbocycles. The minimum absolute atomic E-state index is 0.0272. The SMILES string of the molecule is COc1nc(C)nc(NC(C)C)c1[N+](=O)[O-]. The van der Waals surface area contributed by atoms with Crippen molar-refractivity contribution in [3.05, 3.63) is 15.9 Å². The summed E-state index contributed by atoms with van der Waals surface area (Å²) in [6.45, 7) is 5.39. The van der Waals surface area contributed by atoms with E-state index in [1.165, 1.54) is 7.11 Å². The molecule has 0 aliphatic carbocycles. The van der Waals surface area contributed by atoms with Crippen LogP contribution in [-0.2, 0) is 0 Å². The highest BCUT2D eigenvalue weighted by molar-refractivity contribution is 5.61. The Bertz CT molecular complexity index is 406. The van der Waals surface area contributed by atoms with Gasteiger partial charge in [-0.05, 0) is 20.8 Å². The molecule has 0 unspecified atom stereocenters. The Morgan fingerprint density at radius 1 is 1.44 bits per heavy atom. The predicted octanol–water partition coefficient (Wildman–Crippen LogP) is 1.52. The minimum Gasteiger partial charge on any atom is -0.476 e. The van der Waals surface area contributed by atoms with E-state index < -0.39 is 4.92 Å². The third-order valence-electron chi connectivity index (χ3n) is 1.77. The first-order valence-electron chi connectivity index (χ1n) is 4.79. The van der Waals surface area contributed by atoms with Crippen LogP contribution in [0.4, 0.5) is 11.5 Å². The van der Waals surface area contributed by atoms with Crippen molar-refractivity contribution in [1.82, 2.24) is 9.97 Å². The third-order valence-corrected chi connectivity index (χ3v) is 1.77. The lowest BCUT2D eigenvalue weighted by molar-refractivity contribution is -0.385. The average Bonchev–Trinajstić information content (AvgIpc) is 2.14. The van der Waals surface area contributed by atoms with Gasteiger partial charge in [-0.3, -0.25) is 10.1 Å². The highest BCUT2D eigenvalue weighted by atomic mass is 16.6. The number of anilines is 1. The molecule has 0 spiro atoms. The number of nitro groups is 1. The molecular weight excluding hydrogens is 212 g/mol. The number of methoxy groups -OCH3 is 1. The van der Waals surface area contributed by atoms with Crippen LogP contribution in [0.3, 0.4) is 0 Å². The normalized spacial score (nSPS) is 10.3. The van der Waals surface area contributed by atoms with Crippen LogP contribution < -0.4 is 10.1 Å². The molecule has 16 heavy (non-hydrogen) atoms. The van der Waals surface area contributed by atoms with Gasteiger partial charge in [0.1, 0.15) is 5.82 Å². The van der Waals surface area contributed by atoms with E-state index in [-0.39, 0.29) is 23.4 Å². The molecule has 88 valence electrons. The zero-order valence-electron chi connectivity index (χ0n) is 9.64. The molecule has 0 amide bonds. The van der Waals surface area contributed by atoms with Crippen LogP contribution >= 0.6 is 0 Å². The molecule has 0 atom stereocenters. The Balaban J connectivity index is 3.32. The van der Waals surface area contributed by atoms with E-state index in [1.807, 2.05) is 13.8 Å². The van der Waals surface area contributed by atoms with E-state index in [9.17, 15) is 10.1 Å². The van der Waals surface area contributed by atoms with E-state index in [4.69, 9.17) is 4.74 Å². The van der Waals surface area contributed by atoms with Gasteiger partial charge in [0.25, 0.3) is 5.88 Å². The van der Waals surface area contributed by atoms with Gasteiger partial charge in [-0.15, -0.1) is 0 Å². The smallest absolute Gasteiger partial charge is 0.372 e. The topological polar surface area (TPSA) is 90.2 Å². The molecule has 0 aromatic carbocycles. The molecule has 7 heteroatoms. The fourth-order valence-corrected chi connectivity index (χ4v) is 1.22. The first-order chi connectivity index (χ1) is 7.45. The maximum Gasteiger partial charge on any atom is 0.372 e. The number of aromatic nitrogens is 2. The molecule has 0 radical (unpaired) electrons. The lowest BCUT2D eigenvalue weighted by Crippen LogP contribution is -2.14. The summed E-state index contributed by atoms with van der Waals surface area (Å²) in [4.78, 5) is 18.2. The summed E-state index contributed by atoms with van der Waals surface area (Å²) in [5.41, 5.74) is -0.234. The highest BCUT2D eigenvalue weighted by Gasteiger charge is 2.25. The first-order valence-corrected chi connectivity index (χ1v) is 4.79. The van der Waals surface area contributed by atoms with Crippen molar-refractivity contribution in [3.63, 3.8) is 0 Å². The molecule has 1 N–H and O–H groups in total. The van der Waals surface area contributed by atoms with Gasteiger partial charge >= 0.3 is 5.69 Å². The lowest BCUT2D eigenvalue weighted by Gasteiger charge is -2.11. The van der Waals surface area contributed by atoms with E-state index in [0.717, 1.165) is 0 Å². The van der Waals surface area contributed by atoms with Gasteiger partial charge in [0, 0.05) is 6.04 Å². The average molecular weight is 226 g/mol. The fourth-order valence-electron chi connectivity index (χ4n) is 1.22. The summed E-state index contributed by atoms with van der Waals surface area (Å²) < 4.78 is 4.88. The summed E-state index contributed by atoms with van der Waals surface area (Å²) in [6.07, 6.45) is 0. The molecule has 0 fully saturated rings. The van der Waals surface area contributed by atoms with Gasteiger partial charge < -0.3 is 10.1 Å². The van der Waals surface area contributed by atoms with Crippen LogP contribution in [0, 0.1) is 17.0 Å². The van der Waals surface area contributed by atoms with Crippen molar-refractivity contribution < 1.29 is 9.66 Å². The zero-order chi connectivity index (χ0) is 12.3. The third kappa shape index (κ3) is 2.56. The first kappa shape index (κ1) is 12.2. The molecule has 1 rings (SSSR count). The van der Waals surface area contributed by atoms with E-state index in [2.05, 4.69) is 15.3 Å². The summed E-state index contributed by atoms with van der Waals surface area (Å²) in [5.74, 6) is 0.579. The highest BCUT2D eigenvalue weighted by Crippen LogP contribution is 2.31. The molecule has 1 heterocycles. The number of hydrogen-bond donors (Lipinski definition) is 1. The Labute approximate surface area is 93.0 Å². The van der Waals surface area contributed by atoms with Crippen LogP contribution in [0.2, 0.25) is 0 Å². The zero-order valence-corrected chi connectivity index (χ0v) is 9.64. The maximum absolute atomic E-state index is 10.9. The number of nitrogens with one attached hydrogen (secondary N) is 1. The van der Waals surface area contributed by atoms with Crippen LogP contribution in [0.5, 0.6) is 5.88 Å². The fraction of sp³-hybridized carbons (Fsp3) is 0.556. The summed E-state index contributed by atoms with van der Waals surface area (Å²) >= 11 is 0. The number of ether oxygens (including phenoxy) is 1. The van der Waals surface area contributed by atoms with Crippen LogP contribution in [0.15, 0.2) is 0 Å². The molecule has 0 saturated heterocycles. The molecular formula is C9H14N4O3. The molecule has 1 aromatic heterocycles. The molecule has 1 aromatic rings. The Morgan fingerprint density at radius 2 is 2.06 bits per heavy atom. The van der Waals surface area contributed by atoms with Crippen molar-refractivity contribution in [2.45, 2.75) is 26.8 Å². The summed E-state index contributed by atoms with van der Waals surface area (Å²) in [5, 5.41) is 13.8. The Kier molecular flexibility index (Phi) is 3.60. The number of hydrogen-bond acceptors (Lipinski definition) is 6. The van der Waals surface area contributed by atoms with Gasteiger partial charge in [0.15, 0.2) is 0 Å². The van der Waals surface area contributed by atoms with Gasteiger partial charge in [0.2, 0.25) is 5.82 Å². The molecule has 0 aliphatic rings. The van der Waals surface area contributed by atoms with E-state index in [1.54, 1.807) is 6.92 Å². The Morgan fingerprint density at radius 3 is 2.50 bits per heavy atom. The summed E-state index contributed by atoms with van der Waals surface area (Å²) in [6, 6.07) is 0.0395. The predicted molar refractivity (Wildman–Crippen MR) is 58.7 cm³/mol. The largest absolute Gasteiger partial charge is 0.476 e. The van der Waals surface area contributed by atoms with Crippen molar-refractivity contribution in [3.8, 4) is 5.88 Å². The van der Waals surface area contributed by atoms with Crippen molar-refractivity contribution >= 4 is 11.5 Å². The maximum atomic E-state index is 10.9. The monoisotopic (exact) mass is 226 g/mol. The second-order valence-corrected chi connectivity index (χ2v) is 3.53. The molecule has 0 bridgehead atoms. The van der Waals surface area contributed by atoms with Crippen molar-refractivity contribution in [2.75, 3.05) is 12.4 Å². The number of rotatable bonds is 4. The van der Waals surface area contributed by atoms with Gasteiger partial charge in [0.05, 0.1) is 12.0 Å². The quantitative estimate of drug-likeness (QED) is 0.618. The van der Waals surface area contributed by atoms with Crippen molar-refractivity contribution in [2.24, 2.45) is 0 Å². The van der Waals surface area contributed by atoms with E-state index >= 15 is 0 Å². The Hall–Kier alpha value is -1.92. The van der Waals surface area contributed by atoms with Crippen molar-refractivity contribution in [1.29, 1.82) is 0 Å². The number of nitrogens with zero attached hydrogens (tertiary/aromatic N) is 3. The standard InChI is InChI=1S/C9H14N4O3/c1-5(2)10-8-7(13(14)15)9(16-4)12-6(3)11-8/h5H,1-4H3,(H,10,11,12). The summed E-state index contributed by atoms with van der Waals surface area (Å²) in [7, 11) is 1.34. The lowest BCUT2D eigenvalue weighted by atomic mass is 10.3. The van der Waals surface area contributed by atoms with Crippen LogP contribution in [0.25, 0.3) is 0 Å². The van der Waals surface area contributed by atoms with Crippen LogP contribution in [0.1, 0.15) is 19.7 Å².